The Labute approximate surface area is 126 Å². The van der Waals surface area contributed by atoms with E-state index in [1.807, 2.05) is 23.9 Å². The molecule has 0 spiro atoms. The topological polar surface area (TPSA) is 42.2 Å². The molecular weight excluding hydrogens is 290 g/mol. The van der Waals surface area contributed by atoms with E-state index in [0.29, 0.717) is 5.92 Å². The van der Waals surface area contributed by atoms with Crippen molar-refractivity contribution in [2.75, 3.05) is 12.3 Å². The Morgan fingerprint density at radius 3 is 3.15 bits per heavy atom. The van der Waals surface area contributed by atoms with Gasteiger partial charge in [-0.3, -0.25) is 4.79 Å². The Kier molecular flexibility index (Phi) is 4.47. The summed E-state index contributed by atoms with van der Waals surface area (Å²) in [4.78, 5) is 13.3. The molecule has 106 valence electrons. The maximum absolute atomic E-state index is 11.9. The minimum Gasteiger partial charge on any atom is -0.469 e. The molecule has 0 saturated heterocycles. The summed E-state index contributed by atoms with van der Waals surface area (Å²) in [5.74, 6) is 3.51. The predicted octanol–water partition coefficient (Wildman–Crippen LogP) is 3.49. The summed E-state index contributed by atoms with van der Waals surface area (Å²) < 4.78 is 5.34. The monoisotopic (exact) mass is 307 g/mol. The van der Waals surface area contributed by atoms with E-state index in [2.05, 4.69) is 22.8 Å². The molecule has 1 aliphatic carbocycles. The van der Waals surface area contributed by atoms with Gasteiger partial charge < -0.3 is 9.73 Å². The van der Waals surface area contributed by atoms with Crippen LogP contribution in [0.3, 0.4) is 0 Å². The fourth-order valence-corrected chi connectivity index (χ4v) is 3.95. The zero-order valence-electron chi connectivity index (χ0n) is 11.1. The van der Waals surface area contributed by atoms with E-state index in [0.717, 1.165) is 30.2 Å². The number of nitrogens with one attached hydrogen (secondary N) is 1. The van der Waals surface area contributed by atoms with E-state index in [-0.39, 0.29) is 11.8 Å². The maximum atomic E-state index is 11.9. The maximum Gasteiger partial charge on any atom is 0.223 e. The van der Waals surface area contributed by atoms with Gasteiger partial charge in [-0.1, -0.05) is 6.07 Å². The summed E-state index contributed by atoms with van der Waals surface area (Å²) in [6.45, 7) is 0.746. The Balaban J connectivity index is 1.30. The third kappa shape index (κ3) is 3.46. The first-order valence-electron chi connectivity index (χ1n) is 6.76. The van der Waals surface area contributed by atoms with Crippen LogP contribution in [-0.4, -0.2) is 18.2 Å². The highest BCUT2D eigenvalue weighted by atomic mass is 32.2. The van der Waals surface area contributed by atoms with Crippen LogP contribution >= 0.6 is 23.1 Å². The molecule has 1 fully saturated rings. The second kappa shape index (κ2) is 6.50. The van der Waals surface area contributed by atoms with E-state index < -0.39 is 0 Å². The number of amides is 1. The number of thiophene rings is 1. The minimum atomic E-state index is 0.114. The van der Waals surface area contributed by atoms with Crippen molar-refractivity contribution in [3.63, 3.8) is 0 Å². The minimum absolute atomic E-state index is 0.114. The lowest BCUT2D eigenvalue weighted by atomic mass is 10.2. The largest absolute Gasteiger partial charge is 0.469 e. The van der Waals surface area contributed by atoms with Crippen molar-refractivity contribution in [1.29, 1.82) is 0 Å². The molecule has 1 saturated carbocycles. The number of carbonyl (C=O) groups excluding carboxylic acids is 1. The Hall–Kier alpha value is -1.20. The average molecular weight is 307 g/mol. The zero-order chi connectivity index (χ0) is 13.8. The summed E-state index contributed by atoms with van der Waals surface area (Å²) in [6.07, 6.45) is 2.59. The van der Waals surface area contributed by atoms with Crippen molar-refractivity contribution in [3.8, 4) is 0 Å². The second-order valence-electron chi connectivity index (χ2n) is 4.89. The molecule has 20 heavy (non-hydrogen) atoms. The van der Waals surface area contributed by atoms with Gasteiger partial charge >= 0.3 is 0 Å². The molecular formula is C15H17NO2S2. The molecule has 2 aromatic rings. The van der Waals surface area contributed by atoms with Crippen LogP contribution in [0.4, 0.5) is 0 Å². The molecule has 0 aromatic carbocycles. The number of carbonyl (C=O) groups is 1. The SMILES string of the molecule is O=C(NCCSCc1cccs1)[C@H]1C[C@@H]1c1ccco1. The van der Waals surface area contributed by atoms with Gasteiger partial charge in [-0.25, -0.2) is 0 Å². The first-order chi connectivity index (χ1) is 9.84. The van der Waals surface area contributed by atoms with E-state index in [9.17, 15) is 4.79 Å². The molecule has 1 amide bonds. The van der Waals surface area contributed by atoms with Crippen LogP contribution in [0.2, 0.25) is 0 Å². The van der Waals surface area contributed by atoms with E-state index in [4.69, 9.17) is 4.42 Å². The first kappa shape index (κ1) is 13.8. The van der Waals surface area contributed by atoms with Gasteiger partial charge in [0.15, 0.2) is 0 Å². The van der Waals surface area contributed by atoms with Crippen molar-refractivity contribution in [3.05, 3.63) is 46.5 Å². The normalized spacial score (nSPS) is 20.8. The van der Waals surface area contributed by atoms with Crippen LogP contribution in [0, 0.1) is 5.92 Å². The third-order valence-corrected chi connectivity index (χ3v) is 5.47. The van der Waals surface area contributed by atoms with Crippen molar-refractivity contribution in [2.24, 2.45) is 5.92 Å². The molecule has 3 nitrogen and oxygen atoms in total. The molecule has 0 bridgehead atoms. The van der Waals surface area contributed by atoms with E-state index in [1.165, 1.54) is 4.88 Å². The van der Waals surface area contributed by atoms with E-state index >= 15 is 0 Å². The summed E-state index contributed by atoms with van der Waals surface area (Å²) in [7, 11) is 0. The lowest BCUT2D eigenvalue weighted by molar-refractivity contribution is -0.122. The molecule has 0 unspecified atom stereocenters. The van der Waals surface area contributed by atoms with Crippen molar-refractivity contribution >= 4 is 29.0 Å². The van der Waals surface area contributed by atoms with Crippen LogP contribution in [0.15, 0.2) is 40.3 Å². The number of thioether (sulfide) groups is 1. The molecule has 2 atom stereocenters. The van der Waals surface area contributed by atoms with Gasteiger partial charge in [-0.2, -0.15) is 11.8 Å². The lowest BCUT2D eigenvalue weighted by Crippen LogP contribution is -2.27. The number of furan rings is 1. The molecule has 5 heteroatoms. The van der Waals surface area contributed by atoms with Crippen LogP contribution < -0.4 is 5.32 Å². The first-order valence-corrected chi connectivity index (χ1v) is 8.79. The summed E-state index contributed by atoms with van der Waals surface area (Å²) in [6, 6.07) is 8.05. The molecule has 0 aliphatic heterocycles. The molecule has 2 heterocycles. The number of hydrogen-bond donors (Lipinski definition) is 1. The summed E-state index contributed by atoms with van der Waals surface area (Å²) >= 11 is 3.64. The highest BCUT2D eigenvalue weighted by Gasteiger charge is 2.45. The van der Waals surface area contributed by atoms with Gasteiger partial charge in [-0.05, 0) is 30.0 Å². The van der Waals surface area contributed by atoms with Gasteiger partial charge in [0.05, 0.1) is 6.26 Å². The Morgan fingerprint density at radius 2 is 2.40 bits per heavy atom. The van der Waals surface area contributed by atoms with Crippen molar-refractivity contribution < 1.29 is 9.21 Å². The van der Waals surface area contributed by atoms with Gasteiger partial charge in [0, 0.05) is 34.8 Å². The van der Waals surface area contributed by atoms with Crippen LogP contribution in [0.25, 0.3) is 0 Å². The van der Waals surface area contributed by atoms with E-state index in [1.54, 1.807) is 17.6 Å². The number of hydrogen-bond acceptors (Lipinski definition) is 4. The Morgan fingerprint density at radius 1 is 1.45 bits per heavy atom. The quantitative estimate of drug-likeness (QED) is 0.796. The third-order valence-electron chi connectivity index (χ3n) is 3.41. The highest BCUT2D eigenvalue weighted by molar-refractivity contribution is 7.98. The molecule has 2 aromatic heterocycles. The van der Waals surface area contributed by atoms with Gasteiger partial charge in [0.2, 0.25) is 5.91 Å². The fourth-order valence-electron chi connectivity index (χ4n) is 2.25. The molecule has 1 N–H and O–H groups in total. The zero-order valence-corrected chi connectivity index (χ0v) is 12.7. The lowest BCUT2D eigenvalue weighted by Gasteiger charge is -2.04. The highest BCUT2D eigenvalue weighted by Crippen LogP contribution is 2.47. The fraction of sp³-hybridized carbons (Fsp3) is 0.400. The molecule has 1 aliphatic rings. The van der Waals surface area contributed by atoms with Gasteiger partial charge in [0.1, 0.15) is 5.76 Å². The predicted molar refractivity (Wildman–Crippen MR) is 83.0 cm³/mol. The standard InChI is InChI=1S/C15H17NO2S2/c17-15(13-9-12(13)14-4-1-6-18-14)16-5-8-19-10-11-3-2-7-20-11/h1-4,6-7,12-13H,5,8-10H2,(H,16,17)/t12-,13-/m0/s1. The van der Waals surface area contributed by atoms with Crippen LogP contribution in [-0.2, 0) is 10.5 Å². The smallest absolute Gasteiger partial charge is 0.223 e. The van der Waals surface area contributed by atoms with Crippen LogP contribution in [0.5, 0.6) is 0 Å². The van der Waals surface area contributed by atoms with Crippen molar-refractivity contribution in [2.45, 2.75) is 18.1 Å². The summed E-state index contributed by atoms with van der Waals surface area (Å²) in [5.41, 5.74) is 0. The number of rotatable bonds is 7. The molecule has 0 radical (unpaired) electrons. The average Bonchev–Trinajstić information content (AvgIpc) is 2.90. The van der Waals surface area contributed by atoms with Gasteiger partial charge in [0.25, 0.3) is 0 Å². The Bertz CT molecular complexity index is 536. The molecule has 3 rings (SSSR count). The summed E-state index contributed by atoms with van der Waals surface area (Å²) in [5, 5.41) is 5.12. The second-order valence-corrected chi connectivity index (χ2v) is 7.02. The van der Waals surface area contributed by atoms with Crippen molar-refractivity contribution in [1.82, 2.24) is 5.32 Å². The van der Waals surface area contributed by atoms with Gasteiger partial charge in [-0.15, -0.1) is 11.3 Å². The van der Waals surface area contributed by atoms with Crippen LogP contribution in [0.1, 0.15) is 23.0 Å².